The topological polar surface area (TPSA) is 50.9 Å². The van der Waals surface area contributed by atoms with Crippen molar-refractivity contribution >= 4 is 11.0 Å². The molecule has 9 rings (SSSR count). The molecule has 7 aromatic carbocycles. The second-order valence-electron chi connectivity index (χ2n) is 19.8. The van der Waals surface area contributed by atoms with Gasteiger partial charge in [0.05, 0.1) is 22.3 Å². The zero-order chi connectivity index (χ0) is 66.7. The van der Waals surface area contributed by atoms with E-state index in [2.05, 4.69) is 26.8 Å². The maximum Gasteiger partial charge on any atom is 0.148 e. The second kappa shape index (κ2) is 18.8. The van der Waals surface area contributed by atoms with Gasteiger partial charge in [-0.3, -0.25) is 9.55 Å². The monoisotopic (exact) mass is 1120 g/mol. The van der Waals surface area contributed by atoms with E-state index in [1.165, 1.54) is 18.3 Å². The minimum atomic E-state index is -3.95. The van der Waals surface area contributed by atoms with Gasteiger partial charge in [0, 0.05) is 67.3 Å². The Morgan fingerprint density at radius 1 is 0.514 bits per heavy atom. The zero-order valence-corrected chi connectivity index (χ0v) is 41.9. The van der Waals surface area contributed by atoms with Crippen LogP contribution in [0.3, 0.4) is 0 Å². The fraction of sp³-hybridized carbons (Fsp3) is 0.262. The van der Waals surface area contributed by atoms with Gasteiger partial charge in [-0.05, 0) is 109 Å². The first-order valence-corrected chi connectivity index (χ1v) is 22.6. The van der Waals surface area contributed by atoms with Crippen molar-refractivity contribution in [2.75, 3.05) is 0 Å². The predicted molar refractivity (Wildman–Crippen MR) is 292 cm³/mol. The number of pyridine rings is 1. The minimum Gasteiger partial charge on any atom is -0.507 e. The van der Waals surface area contributed by atoms with Crippen molar-refractivity contribution in [1.29, 1.82) is 0 Å². The Morgan fingerprint density at radius 3 is 1.73 bits per heavy atom. The van der Waals surface area contributed by atoms with Gasteiger partial charge in [-0.25, -0.2) is 4.98 Å². The summed E-state index contributed by atoms with van der Waals surface area (Å²) in [6.07, 6.45) is 1.29. The average Bonchev–Trinajstić information content (AvgIpc) is 1.18. The third kappa shape index (κ3) is 9.99. The van der Waals surface area contributed by atoms with E-state index in [1.807, 2.05) is 106 Å². The molecule has 358 valence electrons. The molecule has 0 bridgehead atoms. The van der Waals surface area contributed by atoms with Crippen LogP contribution in [0.4, 0.5) is 0 Å². The molecule has 5 heteroatoms. The van der Waals surface area contributed by atoms with Crippen LogP contribution in [0.5, 0.6) is 5.75 Å². The molecule has 9 aromatic rings. The van der Waals surface area contributed by atoms with Gasteiger partial charge < -0.3 is 5.11 Å². The first-order chi connectivity index (χ1) is 41.3. The molecule has 0 saturated carbocycles. The van der Waals surface area contributed by atoms with Crippen LogP contribution in [-0.2, 0) is 42.7 Å². The Morgan fingerprint density at radius 2 is 1.11 bits per heavy atom. The molecule has 2 aromatic heterocycles. The molecule has 1 N–H and O–H groups in total. The number of benzene rings is 7. The maximum atomic E-state index is 12.6. The van der Waals surface area contributed by atoms with E-state index in [0.717, 1.165) is 23.3 Å². The van der Waals surface area contributed by atoms with E-state index in [9.17, 15) is 5.11 Å². The molecular weight excluding hydrogens is 1030 g/mol. The van der Waals surface area contributed by atoms with Gasteiger partial charge in [0.1, 0.15) is 11.6 Å². The van der Waals surface area contributed by atoms with E-state index in [1.54, 1.807) is 41.0 Å². The normalized spacial score (nSPS) is 18.0. The molecule has 0 aliphatic heterocycles. The summed E-state index contributed by atoms with van der Waals surface area (Å²) in [5, 5.41) is 12.6. The van der Waals surface area contributed by atoms with Crippen molar-refractivity contribution in [3.05, 3.63) is 192 Å². The summed E-state index contributed by atoms with van der Waals surface area (Å²) in [4.78, 5) is 10.1. The van der Waals surface area contributed by atoms with Gasteiger partial charge in [-0.1, -0.05) is 209 Å². The predicted octanol–water partition coefficient (Wildman–Crippen LogP) is 17.4. The first-order valence-electron chi connectivity index (χ1n) is 33.1. The summed E-state index contributed by atoms with van der Waals surface area (Å²) >= 11 is 0. The van der Waals surface area contributed by atoms with Gasteiger partial charge >= 0.3 is 0 Å². The van der Waals surface area contributed by atoms with E-state index in [-0.39, 0.29) is 66.3 Å². The van der Waals surface area contributed by atoms with E-state index < -0.39 is 80.8 Å². The molecule has 0 spiro atoms. The minimum absolute atomic E-state index is 0. The van der Waals surface area contributed by atoms with E-state index in [4.69, 9.17) is 38.8 Å². The molecule has 70 heavy (non-hydrogen) atoms. The average molecular weight is 1120 g/mol. The largest absolute Gasteiger partial charge is 0.507 e. The van der Waals surface area contributed by atoms with Crippen LogP contribution < -0.4 is 0 Å². The molecule has 0 fully saturated rings. The number of aromatic nitrogens is 3. The smallest absolute Gasteiger partial charge is 0.148 e. The number of imidazole rings is 1. The first kappa shape index (κ1) is 29.7. The Hall–Kier alpha value is -6.35. The second-order valence-corrected chi connectivity index (χ2v) is 19.8. The van der Waals surface area contributed by atoms with E-state index in [0.29, 0.717) is 56.0 Å². The molecular formula is C65H66N3OPt-. The van der Waals surface area contributed by atoms with Gasteiger partial charge in [0.15, 0.2) is 0 Å². The summed E-state index contributed by atoms with van der Waals surface area (Å²) < 4.78 is 184. The zero-order valence-electron chi connectivity index (χ0n) is 60.6. The van der Waals surface area contributed by atoms with Crippen LogP contribution in [-0.4, -0.2) is 19.6 Å². The van der Waals surface area contributed by atoms with Crippen LogP contribution in [0.25, 0.3) is 83.9 Å². The van der Waals surface area contributed by atoms with Gasteiger partial charge in [-0.2, -0.15) is 0 Å². The number of fused-ring (bicyclic) bond motifs is 1. The molecule has 0 saturated heterocycles. The molecule has 0 amide bonds. The van der Waals surface area contributed by atoms with Gasteiger partial charge in [-0.15, -0.1) is 23.8 Å². The SMILES string of the molecule is [2H]C([2H])([2H])c1cc(-c2ccccc2)ccc1-n1c(-c2cc(C(C)(C)C)cc(C(C)(C)C)c2O)nc2c(-c3[c-]c(-c4cc(-c5cc(C(C([2H])([2H])[2H])(C([2H])([2H])[2H])C([2H])([2H])[2H])cc(C(C([2H])([2H])[2H])(C([2H])([2H])[2H])C([2H])([2H])[2H])c5)ccn4)cc(-c4ccccc4)c3)cccc21.[Pt]. The van der Waals surface area contributed by atoms with Crippen molar-refractivity contribution in [2.45, 2.75) is 111 Å². The van der Waals surface area contributed by atoms with Crippen molar-refractivity contribution in [3.63, 3.8) is 0 Å². The molecule has 0 unspecified atom stereocenters. The summed E-state index contributed by atoms with van der Waals surface area (Å²) in [5.41, 5.74) is -4.37. The van der Waals surface area contributed by atoms with Gasteiger partial charge in [0.25, 0.3) is 0 Å². The Balaban J connectivity index is 0.0000107. The summed E-state index contributed by atoms with van der Waals surface area (Å²) in [5.74, 6) is 0.161. The van der Waals surface area contributed by atoms with Crippen LogP contribution in [0.15, 0.2) is 158 Å². The third-order valence-electron chi connectivity index (χ3n) is 12.5. The number of phenolic OH excluding ortho intramolecular Hbond substituents is 1. The standard InChI is InChI=1S/C65H66N3O.Pt/c1-41-31-44(42-21-16-14-17-22-42)27-28-57(41)68-58-26-20-25-53(59(58)67-61(68)54-39-52(64(8,9)10)40-55(60(54)69)65(11,12)13)48-32-46(43-23-18-15-19-24-43)33-49(34-48)56-37-45(29-30-66-56)47-35-50(62(2,3)4)38-51(36-47)63(5,6)7;/h14-33,35-40,69H,1-13H3;/q-1;/i1D3,2D3,3D3,4D3,5D3,6D3,7D3;. The molecule has 0 atom stereocenters. The van der Waals surface area contributed by atoms with Crippen molar-refractivity contribution in [2.24, 2.45) is 0 Å². The van der Waals surface area contributed by atoms with Crippen LogP contribution in [0, 0.1) is 12.9 Å². The number of hydrogen-bond donors (Lipinski definition) is 1. The summed E-state index contributed by atoms with van der Waals surface area (Å²) in [6, 6.07) is 45.1. The number of rotatable bonds is 7. The van der Waals surface area contributed by atoms with Crippen LogP contribution in [0.1, 0.15) is 139 Å². The molecule has 0 radical (unpaired) electrons. The van der Waals surface area contributed by atoms with Crippen LogP contribution in [0.2, 0.25) is 0 Å². The molecule has 0 aliphatic rings. The molecule has 0 aliphatic carbocycles. The fourth-order valence-electron chi connectivity index (χ4n) is 8.73. The Labute approximate surface area is 460 Å². The number of aryl methyl sites for hydroxylation is 1. The summed E-state index contributed by atoms with van der Waals surface area (Å²) in [7, 11) is 0. The third-order valence-corrected chi connectivity index (χ3v) is 12.5. The fourth-order valence-corrected chi connectivity index (χ4v) is 8.73. The summed E-state index contributed by atoms with van der Waals surface area (Å²) in [6.45, 7) is -14.3. The number of para-hydroxylation sites is 1. The maximum absolute atomic E-state index is 12.6. The van der Waals surface area contributed by atoms with Crippen molar-refractivity contribution in [1.82, 2.24) is 14.5 Å². The van der Waals surface area contributed by atoms with Crippen molar-refractivity contribution in [3.8, 4) is 78.6 Å². The number of phenols is 1. The van der Waals surface area contributed by atoms with E-state index >= 15 is 0 Å². The number of nitrogens with zero attached hydrogens (tertiary/aromatic N) is 3. The van der Waals surface area contributed by atoms with Gasteiger partial charge in [0.2, 0.25) is 0 Å². The Kier molecular flexibility index (Phi) is 7.97. The Bertz CT molecular complexity index is 4040. The number of hydrogen-bond acceptors (Lipinski definition) is 3. The molecule has 2 heterocycles. The van der Waals surface area contributed by atoms with Crippen LogP contribution >= 0.6 is 0 Å². The number of aromatic hydroxyl groups is 1. The quantitative estimate of drug-likeness (QED) is 0.162. The molecule has 4 nitrogen and oxygen atoms in total. The van der Waals surface area contributed by atoms with Crippen molar-refractivity contribution < 1.29 is 55.0 Å².